The fraction of sp³-hybridized carbons (Fsp3) is 0.562. The number of aliphatic hydroxyl groups is 1. The lowest BCUT2D eigenvalue weighted by atomic mass is 10.1. The Morgan fingerprint density at radius 3 is 2.75 bits per heavy atom. The molecule has 1 aromatic heterocycles. The zero-order valence-corrected chi connectivity index (χ0v) is 11.8. The molecule has 4 nitrogen and oxygen atoms in total. The largest absolute Gasteiger partial charge is 0.461 e. The highest BCUT2D eigenvalue weighted by Gasteiger charge is 2.36. The van der Waals surface area contributed by atoms with Crippen LogP contribution in [0.3, 0.4) is 0 Å². The van der Waals surface area contributed by atoms with Gasteiger partial charge in [-0.1, -0.05) is 6.92 Å². The Balaban J connectivity index is 1.56. The lowest BCUT2D eigenvalue weighted by Gasteiger charge is -2.28. The molecule has 1 aliphatic carbocycles. The van der Waals surface area contributed by atoms with Crippen molar-refractivity contribution in [2.75, 3.05) is 13.1 Å². The van der Waals surface area contributed by atoms with E-state index in [0.717, 1.165) is 17.4 Å². The van der Waals surface area contributed by atoms with Gasteiger partial charge in [-0.3, -0.25) is 4.79 Å². The van der Waals surface area contributed by atoms with Gasteiger partial charge in [0.05, 0.1) is 6.10 Å². The van der Waals surface area contributed by atoms with Crippen molar-refractivity contribution in [3.05, 3.63) is 29.7 Å². The van der Waals surface area contributed by atoms with Crippen molar-refractivity contribution >= 4 is 12.0 Å². The summed E-state index contributed by atoms with van der Waals surface area (Å²) in [6, 6.07) is 3.93. The van der Waals surface area contributed by atoms with Crippen molar-refractivity contribution in [2.45, 2.75) is 38.2 Å². The van der Waals surface area contributed by atoms with Crippen molar-refractivity contribution in [3.8, 4) is 0 Å². The van der Waals surface area contributed by atoms with Crippen molar-refractivity contribution in [1.29, 1.82) is 0 Å². The zero-order valence-electron chi connectivity index (χ0n) is 11.8. The van der Waals surface area contributed by atoms with Gasteiger partial charge in [-0.05, 0) is 43.4 Å². The van der Waals surface area contributed by atoms with Crippen LogP contribution < -0.4 is 0 Å². The number of carbonyl (C=O) groups excluding carboxylic acids is 1. The van der Waals surface area contributed by atoms with E-state index in [4.69, 9.17) is 4.42 Å². The number of aliphatic hydroxyl groups excluding tert-OH is 1. The molecule has 4 heteroatoms. The lowest BCUT2D eigenvalue weighted by Crippen LogP contribution is -2.39. The number of hydrogen-bond acceptors (Lipinski definition) is 3. The van der Waals surface area contributed by atoms with E-state index < -0.39 is 0 Å². The maximum atomic E-state index is 12.0. The molecule has 2 fully saturated rings. The molecule has 1 saturated heterocycles. The zero-order chi connectivity index (χ0) is 14.1. The molecule has 0 radical (unpaired) electrons. The van der Waals surface area contributed by atoms with E-state index in [9.17, 15) is 9.90 Å². The summed E-state index contributed by atoms with van der Waals surface area (Å²) in [6.07, 6.45) is 5.59. The van der Waals surface area contributed by atoms with Crippen molar-refractivity contribution < 1.29 is 14.3 Å². The number of furan rings is 1. The van der Waals surface area contributed by atoms with Gasteiger partial charge in [0.2, 0.25) is 5.91 Å². The van der Waals surface area contributed by atoms with Crippen LogP contribution in [0.5, 0.6) is 0 Å². The molecule has 1 saturated carbocycles. The highest BCUT2D eigenvalue weighted by atomic mass is 16.3. The minimum absolute atomic E-state index is 0.00496. The first-order valence-electron chi connectivity index (χ1n) is 7.38. The van der Waals surface area contributed by atoms with Crippen molar-refractivity contribution in [2.24, 2.45) is 5.92 Å². The minimum atomic E-state index is -0.254. The summed E-state index contributed by atoms with van der Waals surface area (Å²) in [5.74, 6) is 3.06. The molecule has 0 bridgehead atoms. The van der Waals surface area contributed by atoms with Crippen LogP contribution in [-0.4, -0.2) is 35.1 Å². The quantitative estimate of drug-likeness (QED) is 0.862. The molecule has 1 aliphatic heterocycles. The van der Waals surface area contributed by atoms with Crippen LogP contribution in [0.2, 0.25) is 0 Å². The van der Waals surface area contributed by atoms with E-state index in [1.807, 2.05) is 12.1 Å². The monoisotopic (exact) mass is 275 g/mol. The first-order valence-corrected chi connectivity index (χ1v) is 7.38. The van der Waals surface area contributed by atoms with E-state index in [0.29, 0.717) is 31.8 Å². The van der Waals surface area contributed by atoms with E-state index in [2.05, 4.69) is 6.92 Å². The Bertz CT molecular complexity index is 512. The van der Waals surface area contributed by atoms with Crippen LogP contribution in [-0.2, 0) is 4.79 Å². The second-order valence-corrected chi connectivity index (χ2v) is 5.95. The second-order valence-electron chi connectivity index (χ2n) is 5.95. The molecule has 1 amide bonds. The number of carbonyl (C=O) groups is 1. The van der Waals surface area contributed by atoms with E-state index in [1.165, 1.54) is 6.42 Å². The average Bonchev–Trinajstić information content (AvgIpc) is 3.00. The molecule has 2 heterocycles. The summed E-state index contributed by atoms with van der Waals surface area (Å²) >= 11 is 0. The predicted octanol–water partition coefficient (Wildman–Crippen LogP) is 2.40. The molecule has 0 unspecified atom stereocenters. The van der Waals surface area contributed by atoms with Crippen LogP contribution in [0.1, 0.15) is 43.6 Å². The maximum Gasteiger partial charge on any atom is 0.246 e. The number of rotatable bonds is 3. The van der Waals surface area contributed by atoms with Crippen LogP contribution in [0.4, 0.5) is 0 Å². The molecule has 3 rings (SSSR count). The summed E-state index contributed by atoms with van der Waals surface area (Å²) in [7, 11) is 0. The van der Waals surface area contributed by atoms with Gasteiger partial charge in [0.15, 0.2) is 0 Å². The first kappa shape index (κ1) is 13.4. The predicted molar refractivity (Wildman–Crippen MR) is 76.1 cm³/mol. The summed E-state index contributed by atoms with van der Waals surface area (Å²) in [4.78, 5) is 13.8. The van der Waals surface area contributed by atoms with Gasteiger partial charge >= 0.3 is 0 Å². The Kier molecular flexibility index (Phi) is 3.66. The molecule has 1 N–H and O–H groups in total. The Hall–Kier alpha value is -1.55. The smallest absolute Gasteiger partial charge is 0.246 e. The third kappa shape index (κ3) is 2.96. The normalized spacial score (nSPS) is 27.2. The SMILES string of the molecule is C[C@@H]1C[C@H]1c1ccc(/C=C/C(=O)N2CCC(O)CC2)o1. The highest BCUT2D eigenvalue weighted by molar-refractivity contribution is 5.91. The molecule has 20 heavy (non-hydrogen) atoms. The Morgan fingerprint density at radius 2 is 2.10 bits per heavy atom. The van der Waals surface area contributed by atoms with Gasteiger partial charge < -0.3 is 14.4 Å². The van der Waals surface area contributed by atoms with Gasteiger partial charge in [-0.15, -0.1) is 0 Å². The van der Waals surface area contributed by atoms with Crippen LogP contribution >= 0.6 is 0 Å². The third-order valence-electron chi connectivity index (χ3n) is 4.29. The summed E-state index contributed by atoms with van der Waals surface area (Å²) in [5, 5.41) is 9.43. The number of hydrogen-bond donors (Lipinski definition) is 1. The highest BCUT2D eigenvalue weighted by Crippen LogP contribution is 2.47. The average molecular weight is 275 g/mol. The van der Waals surface area contributed by atoms with Gasteiger partial charge in [-0.25, -0.2) is 0 Å². The molecular weight excluding hydrogens is 254 g/mol. The van der Waals surface area contributed by atoms with E-state index >= 15 is 0 Å². The van der Waals surface area contributed by atoms with E-state index in [1.54, 1.807) is 17.1 Å². The molecule has 2 aliphatic rings. The van der Waals surface area contributed by atoms with Gasteiger partial charge in [0.25, 0.3) is 0 Å². The molecule has 0 aromatic carbocycles. The van der Waals surface area contributed by atoms with Gasteiger partial charge in [0.1, 0.15) is 11.5 Å². The topological polar surface area (TPSA) is 53.7 Å². The molecule has 1 aromatic rings. The van der Waals surface area contributed by atoms with Crippen LogP contribution in [0.25, 0.3) is 6.08 Å². The Morgan fingerprint density at radius 1 is 1.40 bits per heavy atom. The minimum Gasteiger partial charge on any atom is -0.461 e. The number of likely N-dealkylation sites (tertiary alicyclic amines) is 1. The van der Waals surface area contributed by atoms with Crippen molar-refractivity contribution in [1.82, 2.24) is 4.90 Å². The molecular formula is C16H21NO3. The first-order chi connectivity index (χ1) is 9.63. The second kappa shape index (κ2) is 5.44. The Labute approximate surface area is 119 Å². The van der Waals surface area contributed by atoms with Gasteiger partial charge in [0, 0.05) is 25.1 Å². The number of amides is 1. The fourth-order valence-corrected chi connectivity index (χ4v) is 2.72. The van der Waals surface area contributed by atoms with E-state index in [-0.39, 0.29) is 12.0 Å². The van der Waals surface area contributed by atoms with Crippen molar-refractivity contribution in [3.63, 3.8) is 0 Å². The van der Waals surface area contributed by atoms with Gasteiger partial charge in [-0.2, -0.15) is 0 Å². The lowest BCUT2D eigenvalue weighted by molar-refractivity contribution is -0.127. The van der Waals surface area contributed by atoms with Crippen LogP contribution in [0.15, 0.2) is 22.6 Å². The summed E-state index contributed by atoms with van der Waals surface area (Å²) < 4.78 is 5.74. The maximum absolute atomic E-state index is 12.0. The van der Waals surface area contributed by atoms with Crippen LogP contribution in [0, 0.1) is 5.92 Å². The fourth-order valence-electron chi connectivity index (χ4n) is 2.72. The number of piperidine rings is 1. The standard InChI is InChI=1S/C16H21NO3/c1-11-10-14(11)15-4-2-13(20-15)3-5-16(19)17-8-6-12(18)7-9-17/h2-5,11-12,14,18H,6-10H2,1H3/b5-3+/t11-,14-/m1/s1. The summed E-state index contributed by atoms with van der Waals surface area (Å²) in [6.45, 7) is 3.48. The molecule has 2 atom stereocenters. The molecule has 0 spiro atoms. The number of nitrogens with zero attached hydrogens (tertiary/aromatic N) is 1. The summed E-state index contributed by atoms with van der Waals surface area (Å²) in [5.41, 5.74) is 0. The third-order valence-corrected chi connectivity index (χ3v) is 4.29. The molecule has 108 valence electrons.